The Hall–Kier alpha value is -4.26. The lowest BCUT2D eigenvalue weighted by molar-refractivity contribution is 0.0474. The van der Waals surface area contributed by atoms with Crippen LogP contribution in [0.15, 0.2) is 66.7 Å². The minimum Gasteiger partial charge on any atom is -0.494 e. The minimum atomic E-state index is -0.758. The molecule has 0 saturated heterocycles. The first kappa shape index (κ1) is 22.0. The summed E-state index contributed by atoms with van der Waals surface area (Å²) in [6.45, 7) is 3.73. The molecule has 1 heterocycles. The summed E-state index contributed by atoms with van der Waals surface area (Å²) in [7, 11) is 0. The lowest BCUT2D eigenvalue weighted by atomic mass is 10.1. The van der Waals surface area contributed by atoms with E-state index in [1.54, 1.807) is 36.4 Å². The average molecular weight is 443 g/mol. The molecule has 0 radical (unpaired) electrons. The van der Waals surface area contributed by atoms with Gasteiger partial charge in [-0.25, -0.2) is 9.69 Å². The van der Waals surface area contributed by atoms with Gasteiger partial charge in [0.05, 0.1) is 29.0 Å². The van der Waals surface area contributed by atoms with Gasteiger partial charge in [0, 0.05) is 5.56 Å². The number of carbonyl (C=O) groups excluding carboxylic acids is 4. The predicted molar refractivity (Wildman–Crippen MR) is 121 cm³/mol. The molecular weight excluding hydrogens is 422 g/mol. The van der Waals surface area contributed by atoms with Crippen molar-refractivity contribution in [2.75, 3.05) is 18.1 Å². The molecule has 0 atom stereocenters. The standard InChI is InChI=1S/C26H21NO6/c1-3-32-19-11-8-17(9-12-19)23(28)15-33-26(31)18-10-13-20-21(14-18)25(30)27(24(20)29)22-7-5-4-6-16(22)2/h4-14H,3,15H2,1-2H3. The van der Waals surface area contributed by atoms with Gasteiger partial charge in [0.2, 0.25) is 0 Å². The molecule has 1 aliphatic rings. The summed E-state index contributed by atoms with van der Waals surface area (Å²) in [6, 6.07) is 17.8. The first-order valence-electron chi connectivity index (χ1n) is 10.4. The molecule has 2 amide bonds. The number of anilines is 1. The van der Waals surface area contributed by atoms with Crippen LogP contribution in [0, 0.1) is 6.92 Å². The molecule has 0 fully saturated rings. The van der Waals surface area contributed by atoms with Crippen LogP contribution in [0.1, 0.15) is 53.9 Å². The summed E-state index contributed by atoms with van der Waals surface area (Å²) < 4.78 is 10.5. The molecule has 7 heteroatoms. The van der Waals surface area contributed by atoms with Gasteiger partial charge in [0.25, 0.3) is 11.8 Å². The SMILES string of the molecule is CCOc1ccc(C(=O)COC(=O)c2ccc3c(c2)C(=O)N(c2ccccc2C)C3=O)cc1. The fourth-order valence-corrected chi connectivity index (χ4v) is 3.60. The van der Waals surface area contributed by atoms with Crippen molar-refractivity contribution >= 4 is 29.3 Å². The molecule has 0 unspecified atom stereocenters. The number of carbonyl (C=O) groups is 4. The Labute approximate surface area is 190 Å². The van der Waals surface area contributed by atoms with Gasteiger partial charge in [0.15, 0.2) is 12.4 Å². The molecule has 166 valence electrons. The topological polar surface area (TPSA) is 90.0 Å². The molecule has 4 rings (SSSR count). The number of ether oxygens (including phenoxy) is 2. The zero-order chi connectivity index (χ0) is 23.5. The summed E-state index contributed by atoms with van der Waals surface area (Å²) in [5.74, 6) is -1.45. The van der Waals surface area contributed by atoms with Crippen molar-refractivity contribution in [2.24, 2.45) is 0 Å². The number of hydrogen-bond acceptors (Lipinski definition) is 6. The highest BCUT2D eigenvalue weighted by atomic mass is 16.5. The lowest BCUT2D eigenvalue weighted by Crippen LogP contribution is -2.29. The maximum absolute atomic E-state index is 12.9. The summed E-state index contributed by atoms with van der Waals surface area (Å²) in [5.41, 5.74) is 2.07. The summed E-state index contributed by atoms with van der Waals surface area (Å²) in [6.07, 6.45) is 0. The van der Waals surface area contributed by atoms with Crippen molar-refractivity contribution in [3.63, 3.8) is 0 Å². The van der Waals surface area contributed by atoms with Crippen molar-refractivity contribution < 1.29 is 28.7 Å². The number of fused-ring (bicyclic) bond motifs is 1. The van der Waals surface area contributed by atoms with Gasteiger partial charge in [-0.3, -0.25) is 14.4 Å². The smallest absolute Gasteiger partial charge is 0.338 e. The van der Waals surface area contributed by atoms with Crippen molar-refractivity contribution in [1.29, 1.82) is 0 Å². The van der Waals surface area contributed by atoms with Crippen molar-refractivity contribution in [3.05, 3.63) is 94.5 Å². The molecule has 0 aliphatic carbocycles. The Morgan fingerprint density at radius 2 is 1.52 bits per heavy atom. The van der Waals surface area contributed by atoms with E-state index in [-0.39, 0.29) is 22.5 Å². The first-order chi connectivity index (χ1) is 15.9. The minimum absolute atomic E-state index is 0.0843. The number of Topliss-reactive ketones (excluding diaryl/α,β-unsaturated/α-hetero) is 1. The second-order valence-electron chi connectivity index (χ2n) is 7.45. The Balaban J connectivity index is 1.47. The molecule has 33 heavy (non-hydrogen) atoms. The average Bonchev–Trinajstić information content (AvgIpc) is 3.07. The van der Waals surface area contributed by atoms with E-state index < -0.39 is 24.4 Å². The number of rotatable bonds is 7. The second-order valence-corrected chi connectivity index (χ2v) is 7.45. The predicted octanol–water partition coefficient (Wildman–Crippen LogP) is 4.23. The Bertz CT molecular complexity index is 1260. The molecule has 1 aliphatic heterocycles. The van der Waals surface area contributed by atoms with E-state index in [4.69, 9.17) is 9.47 Å². The number of benzene rings is 3. The van der Waals surface area contributed by atoms with Crippen LogP contribution < -0.4 is 9.64 Å². The first-order valence-corrected chi connectivity index (χ1v) is 10.4. The molecule has 3 aromatic carbocycles. The van der Waals surface area contributed by atoms with Gasteiger partial charge in [-0.15, -0.1) is 0 Å². The van der Waals surface area contributed by atoms with E-state index in [0.29, 0.717) is 23.6 Å². The van der Waals surface area contributed by atoms with Gasteiger partial charge in [-0.2, -0.15) is 0 Å². The zero-order valence-electron chi connectivity index (χ0n) is 18.2. The van der Waals surface area contributed by atoms with E-state index in [2.05, 4.69) is 0 Å². The summed E-state index contributed by atoms with van der Waals surface area (Å²) >= 11 is 0. The number of imide groups is 1. The third-order valence-electron chi connectivity index (χ3n) is 5.30. The number of para-hydroxylation sites is 1. The van der Waals surface area contributed by atoms with Crippen LogP contribution in [-0.2, 0) is 4.74 Å². The number of amides is 2. The van der Waals surface area contributed by atoms with E-state index in [9.17, 15) is 19.2 Å². The van der Waals surface area contributed by atoms with Gasteiger partial charge in [-0.1, -0.05) is 18.2 Å². The third-order valence-corrected chi connectivity index (χ3v) is 5.30. The van der Waals surface area contributed by atoms with E-state index in [0.717, 1.165) is 10.5 Å². The van der Waals surface area contributed by atoms with E-state index in [1.807, 2.05) is 26.0 Å². The van der Waals surface area contributed by atoms with Crippen LogP contribution in [0.2, 0.25) is 0 Å². The molecule has 0 N–H and O–H groups in total. The van der Waals surface area contributed by atoms with Crippen molar-refractivity contribution in [3.8, 4) is 5.75 Å². The highest BCUT2D eigenvalue weighted by Crippen LogP contribution is 2.31. The molecule has 0 bridgehead atoms. The molecule has 0 spiro atoms. The van der Waals surface area contributed by atoms with Gasteiger partial charge in [-0.05, 0) is 67.9 Å². The van der Waals surface area contributed by atoms with Crippen molar-refractivity contribution in [2.45, 2.75) is 13.8 Å². The van der Waals surface area contributed by atoms with E-state index in [1.165, 1.54) is 18.2 Å². The molecule has 0 aromatic heterocycles. The van der Waals surface area contributed by atoms with Gasteiger partial charge >= 0.3 is 5.97 Å². The normalized spacial score (nSPS) is 12.5. The Morgan fingerprint density at radius 1 is 0.848 bits per heavy atom. The van der Waals surface area contributed by atoms with Crippen molar-refractivity contribution in [1.82, 2.24) is 0 Å². The van der Waals surface area contributed by atoms with Gasteiger partial charge in [0.1, 0.15) is 5.75 Å². The summed E-state index contributed by atoms with van der Waals surface area (Å²) in [5, 5.41) is 0. The van der Waals surface area contributed by atoms with Gasteiger partial charge < -0.3 is 9.47 Å². The molecule has 3 aromatic rings. The zero-order valence-corrected chi connectivity index (χ0v) is 18.2. The highest BCUT2D eigenvalue weighted by Gasteiger charge is 2.37. The monoisotopic (exact) mass is 443 g/mol. The highest BCUT2D eigenvalue weighted by molar-refractivity contribution is 6.35. The largest absolute Gasteiger partial charge is 0.494 e. The lowest BCUT2D eigenvalue weighted by Gasteiger charge is -2.16. The van der Waals surface area contributed by atoms with E-state index >= 15 is 0 Å². The fraction of sp³-hybridized carbons (Fsp3) is 0.154. The van der Waals surface area contributed by atoms with Crippen LogP contribution in [0.3, 0.4) is 0 Å². The van der Waals surface area contributed by atoms with Crippen LogP contribution in [0.4, 0.5) is 5.69 Å². The molecular formula is C26H21NO6. The maximum Gasteiger partial charge on any atom is 0.338 e. The van der Waals surface area contributed by atoms with Crippen LogP contribution in [0.5, 0.6) is 5.75 Å². The molecule has 7 nitrogen and oxygen atoms in total. The van der Waals surface area contributed by atoms with Crippen LogP contribution in [0.25, 0.3) is 0 Å². The number of esters is 1. The number of hydrogen-bond donors (Lipinski definition) is 0. The third kappa shape index (κ3) is 4.25. The number of ketones is 1. The maximum atomic E-state index is 12.9. The Morgan fingerprint density at radius 3 is 2.21 bits per heavy atom. The number of aryl methyl sites for hydroxylation is 1. The quantitative estimate of drug-likeness (QED) is 0.308. The van der Waals surface area contributed by atoms with Crippen LogP contribution in [-0.4, -0.2) is 36.8 Å². The second kappa shape index (κ2) is 9.08. The fourth-order valence-electron chi connectivity index (χ4n) is 3.60. The van der Waals surface area contributed by atoms with Crippen LogP contribution >= 0.6 is 0 Å². The molecule has 0 saturated carbocycles. The number of nitrogens with zero attached hydrogens (tertiary/aromatic N) is 1. The summed E-state index contributed by atoms with van der Waals surface area (Å²) in [4.78, 5) is 51.7. The Kier molecular flexibility index (Phi) is 6.04.